The highest BCUT2D eigenvalue weighted by Crippen LogP contribution is 2.35. The van der Waals surface area contributed by atoms with Crippen LogP contribution in [0.5, 0.6) is 5.88 Å². The van der Waals surface area contributed by atoms with Gasteiger partial charge in [-0.15, -0.1) is 0 Å². The summed E-state index contributed by atoms with van der Waals surface area (Å²) in [5.41, 5.74) is 3.68. The predicted molar refractivity (Wildman–Crippen MR) is 150 cm³/mol. The number of ether oxygens (including phenoxy) is 3. The molecule has 0 spiro atoms. The fourth-order valence-corrected chi connectivity index (χ4v) is 4.99. The summed E-state index contributed by atoms with van der Waals surface area (Å²) in [7, 11) is 0. The van der Waals surface area contributed by atoms with Gasteiger partial charge in [0.25, 0.3) is 0 Å². The number of nitrogens with zero attached hydrogens (tertiary/aromatic N) is 6. The summed E-state index contributed by atoms with van der Waals surface area (Å²) in [5, 5.41) is 11.6. The van der Waals surface area contributed by atoms with Crippen molar-refractivity contribution >= 4 is 39.8 Å². The molecule has 6 heterocycles. The van der Waals surface area contributed by atoms with Crippen molar-refractivity contribution in [1.82, 2.24) is 30.0 Å². The van der Waals surface area contributed by atoms with Gasteiger partial charge in [0.2, 0.25) is 17.5 Å². The largest absolute Gasteiger partial charge is 0.476 e. The van der Waals surface area contributed by atoms with Gasteiger partial charge in [-0.3, -0.25) is 10.00 Å². The fraction of sp³-hybridized carbons (Fsp3) is 0.357. The summed E-state index contributed by atoms with van der Waals surface area (Å²) in [6.07, 6.45) is 0. The van der Waals surface area contributed by atoms with Crippen LogP contribution >= 0.6 is 0 Å². The van der Waals surface area contributed by atoms with Gasteiger partial charge in [0, 0.05) is 44.9 Å². The van der Waals surface area contributed by atoms with Gasteiger partial charge in [-0.05, 0) is 11.6 Å². The monoisotopic (exact) mass is 542 g/mol. The van der Waals surface area contributed by atoms with Crippen LogP contribution in [0.1, 0.15) is 0 Å². The van der Waals surface area contributed by atoms with Crippen molar-refractivity contribution in [3.05, 3.63) is 48.5 Å². The van der Waals surface area contributed by atoms with E-state index in [9.17, 15) is 0 Å². The molecule has 0 aliphatic carbocycles. The molecule has 7 rings (SSSR count). The van der Waals surface area contributed by atoms with Crippen LogP contribution in [0.2, 0.25) is 0 Å². The first kappa shape index (κ1) is 24.8. The molecule has 0 saturated carbocycles. The highest BCUT2D eigenvalue weighted by molar-refractivity contribution is 6.05. The molecule has 2 aliphatic heterocycles. The molecule has 0 bridgehead atoms. The third kappa shape index (κ3) is 5.16. The molecule has 12 nitrogen and oxygen atoms in total. The second-order valence-electron chi connectivity index (χ2n) is 9.71. The van der Waals surface area contributed by atoms with Gasteiger partial charge in [-0.2, -0.15) is 15.1 Å². The number of aromatic amines is 1. The lowest BCUT2D eigenvalue weighted by molar-refractivity contribution is 0.0320. The van der Waals surface area contributed by atoms with E-state index in [2.05, 4.69) is 30.3 Å². The quantitative estimate of drug-likeness (QED) is 0.299. The molecule has 0 amide bonds. The number of benzene rings is 1. The van der Waals surface area contributed by atoms with Gasteiger partial charge in [-0.25, -0.2) is 4.98 Å². The Morgan fingerprint density at radius 1 is 0.900 bits per heavy atom. The van der Waals surface area contributed by atoms with E-state index in [1.54, 1.807) is 0 Å². The number of aromatic nitrogens is 5. The van der Waals surface area contributed by atoms with E-state index in [0.29, 0.717) is 73.2 Å². The number of hydrogen-bond donors (Lipinski definition) is 2. The predicted octanol–water partition coefficient (Wildman–Crippen LogP) is 3.45. The molecule has 2 N–H and O–H groups in total. The van der Waals surface area contributed by atoms with Crippen molar-refractivity contribution in [1.29, 1.82) is 0 Å². The number of morpholine rings is 2. The molecule has 12 heteroatoms. The van der Waals surface area contributed by atoms with Crippen LogP contribution in [0.25, 0.3) is 33.5 Å². The Hall–Kier alpha value is -4.26. The van der Waals surface area contributed by atoms with Gasteiger partial charge < -0.3 is 28.8 Å². The third-order valence-corrected chi connectivity index (χ3v) is 7.11. The molecule has 2 aliphatic rings. The average molecular weight is 543 g/mol. The molecule has 0 atom stereocenters. The Kier molecular flexibility index (Phi) is 6.86. The Balaban J connectivity index is 1.18. The van der Waals surface area contributed by atoms with Crippen molar-refractivity contribution in [3.63, 3.8) is 0 Å². The number of anilines is 3. The summed E-state index contributed by atoms with van der Waals surface area (Å²) < 4.78 is 23.2. The highest BCUT2D eigenvalue weighted by Gasteiger charge is 2.23. The zero-order valence-electron chi connectivity index (χ0n) is 22.0. The number of furan rings is 1. The molecule has 1 aromatic carbocycles. The zero-order valence-corrected chi connectivity index (χ0v) is 22.0. The normalized spacial score (nSPS) is 16.6. The number of nitrogens with one attached hydrogen (secondary N) is 2. The molecule has 4 aromatic heterocycles. The van der Waals surface area contributed by atoms with Gasteiger partial charge in [0.05, 0.1) is 37.5 Å². The number of H-pyrrole nitrogens is 1. The number of pyridine rings is 1. The van der Waals surface area contributed by atoms with Crippen LogP contribution in [-0.4, -0.2) is 95.8 Å². The first-order valence-corrected chi connectivity index (χ1v) is 13.5. The molecule has 40 heavy (non-hydrogen) atoms. The lowest BCUT2D eigenvalue weighted by Crippen LogP contribution is -2.38. The van der Waals surface area contributed by atoms with Crippen molar-refractivity contribution in [3.8, 4) is 17.1 Å². The molecule has 0 unspecified atom stereocenters. The van der Waals surface area contributed by atoms with Crippen molar-refractivity contribution in [2.24, 2.45) is 0 Å². The minimum Gasteiger partial charge on any atom is -0.476 e. The maximum atomic E-state index is 6.27. The van der Waals surface area contributed by atoms with Crippen LogP contribution in [0.3, 0.4) is 0 Å². The van der Waals surface area contributed by atoms with E-state index >= 15 is 0 Å². The maximum absolute atomic E-state index is 6.27. The molecular weight excluding hydrogens is 512 g/mol. The third-order valence-electron chi connectivity index (χ3n) is 7.11. The minimum atomic E-state index is 0.425. The zero-order chi connectivity index (χ0) is 26.7. The Bertz CT molecular complexity index is 1590. The topological polar surface area (TPSA) is 127 Å². The van der Waals surface area contributed by atoms with E-state index in [-0.39, 0.29) is 0 Å². The molecular formula is C28H30N8O4. The number of fused-ring (bicyclic) bond motifs is 3. The van der Waals surface area contributed by atoms with Crippen LogP contribution < -0.4 is 15.0 Å². The van der Waals surface area contributed by atoms with E-state index in [0.717, 1.165) is 49.5 Å². The Labute approximate surface area is 230 Å². The lowest BCUT2D eigenvalue weighted by atomic mass is 10.2. The van der Waals surface area contributed by atoms with Gasteiger partial charge in [-0.1, -0.05) is 30.3 Å². The van der Waals surface area contributed by atoms with Crippen LogP contribution in [-0.2, 0) is 9.47 Å². The Morgan fingerprint density at radius 3 is 2.52 bits per heavy atom. The SMILES string of the molecule is c1ccc(-c2cc(Nc3nc(N4CCOCC4)c4oc5nc(OCCN6CCOCC6)ccc5c4n3)n[nH]2)cc1. The first-order valence-electron chi connectivity index (χ1n) is 13.5. The standard InChI is InChI=1S/C28H30N8O4/c1-2-4-19(5-3-1)21-18-22(34-33-21)29-28-31-24-20-6-7-23(39-17-10-35-8-13-37-14-9-35)30-27(20)40-25(24)26(32-28)36-11-15-38-16-12-36/h1-7,18H,8-17H2,(H2,29,31,32,33,34). The summed E-state index contributed by atoms with van der Waals surface area (Å²) in [6, 6.07) is 15.8. The minimum absolute atomic E-state index is 0.425. The van der Waals surface area contributed by atoms with Crippen molar-refractivity contribution in [2.45, 2.75) is 0 Å². The van der Waals surface area contributed by atoms with Crippen molar-refractivity contribution in [2.75, 3.05) is 76.0 Å². The second kappa shape index (κ2) is 11.1. The van der Waals surface area contributed by atoms with Crippen LogP contribution in [0, 0.1) is 0 Å². The summed E-state index contributed by atoms with van der Waals surface area (Å²) in [6.45, 7) is 7.38. The first-order chi connectivity index (χ1) is 19.8. The Morgan fingerprint density at radius 2 is 1.70 bits per heavy atom. The van der Waals surface area contributed by atoms with Gasteiger partial charge in [0.1, 0.15) is 12.1 Å². The smallest absolute Gasteiger partial charge is 0.232 e. The number of rotatable bonds is 8. The molecule has 0 radical (unpaired) electrons. The summed E-state index contributed by atoms with van der Waals surface area (Å²) in [4.78, 5) is 18.8. The van der Waals surface area contributed by atoms with E-state index in [4.69, 9.17) is 28.6 Å². The summed E-state index contributed by atoms with van der Waals surface area (Å²) in [5.74, 6) is 2.26. The fourth-order valence-electron chi connectivity index (χ4n) is 4.99. The summed E-state index contributed by atoms with van der Waals surface area (Å²) >= 11 is 0. The molecule has 2 fully saturated rings. The number of hydrogen-bond acceptors (Lipinski definition) is 11. The van der Waals surface area contributed by atoms with Gasteiger partial charge in [0.15, 0.2) is 17.2 Å². The highest BCUT2D eigenvalue weighted by atomic mass is 16.5. The van der Waals surface area contributed by atoms with E-state index in [1.165, 1.54) is 0 Å². The second-order valence-corrected chi connectivity index (χ2v) is 9.71. The van der Waals surface area contributed by atoms with Gasteiger partial charge >= 0.3 is 0 Å². The average Bonchev–Trinajstić information content (AvgIpc) is 3.63. The molecule has 2 saturated heterocycles. The maximum Gasteiger partial charge on any atom is 0.232 e. The van der Waals surface area contributed by atoms with Crippen LogP contribution in [0.4, 0.5) is 17.6 Å². The van der Waals surface area contributed by atoms with Crippen molar-refractivity contribution < 1.29 is 18.6 Å². The van der Waals surface area contributed by atoms with E-state index < -0.39 is 0 Å². The van der Waals surface area contributed by atoms with Crippen LogP contribution in [0.15, 0.2) is 52.9 Å². The van der Waals surface area contributed by atoms with E-state index in [1.807, 2.05) is 48.5 Å². The molecule has 206 valence electrons. The lowest BCUT2D eigenvalue weighted by Gasteiger charge is -2.27. The molecule has 5 aromatic rings.